The van der Waals surface area contributed by atoms with Crippen LogP contribution >= 0.6 is 11.3 Å². The van der Waals surface area contributed by atoms with E-state index in [1.807, 2.05) is 11.3 Å². The summed E-state index contributed by atoms with van der Waals surface area (Å²) in [7, 11) is 2.08. The fourth-order valence-electron chi connectivity index (χ4n) is 3.27. The summed E-state index contributed by atoms with van der Waals surface area (Å²) in [6, 6.07) is 10.3. The molecular weight excluding hydrogens is 252 g/mol. The van der Waals surface area contributed by atoms with Gasteiger partial charge in [0.05, 0.1) is 0 Å². The lowest BCUT2D eigenvalue weighted by Crippen LogP contribution is -2.52. The van der Waals surface area contributed by atoms with E-state index in [1.54, 1.807) is 0 Å². The van der Waals surface area contributed by atoms with Crippen LogP contribution in [0.3, 0.4) is 0 Å². The fourth-order valence-corrected chi connectivity index (χ4v) is 4.04. The van der Waals surface area contributed by atoms with Crippen molar-refractivity contribution in [2.75, 3.05) is 18.5 Å². The van der Waals surface area contributed by atoms with Gasteiger partial charge in [-0.25, -0.2) is 0 Å². The molecule has 102 valence electrons. The van der Waals surface area contributed by atoms with E-state index >= 15 is 0 Å². The normalized spacial score (nSPS) is 27.9. The Bertz CT molecular complexity index is 563. The number of thiophene rings is 1. The molecule has 3 unspecified atom stereocenters. The third kappa shape index (κ3) is 2.26. The molecule has 0 amide bonds. The smallest absolute Gasteiger partial charge is 0.0375 e. The van der Waals surface area contributed by atoms with Crippen LogP contribution in [-0.4, -0.2) is 25.7 Å². The van der Waals surface area contributed by atoms with E-state index in [0.29, 0.717) is 18.0 Å². The van der Waals surface area contributed by atoms with E-state index in [0.717, 1.165) is 6.54 Å². The Hall–Kier alpha value is -1.06. The van der Waals surface area contributed by atoms with Gasteiger partial charge in [0.2, 0.25) is 0 Å². The van der Waals surface area contributed by atoms with Crippen LogP contribution in [-0.2, 0) is 0 Å². The van der Waals surface area contributed by atoms with Crippen LogP contribution in [0.1, 0.15) is 20.3 Å². The van der Waals surface area contributed by atoms with Crippen LogP contribution in [0.15, 0.2) is 29.6 Å². The number of fused-ring (bicyclic) bond motifs is 1. The molecule has 1 aliphatic heterocycles. The molecule has 19 heavy (non-hydrogen) atoms. The van der Waals surface area contributed by atoms with Gasteiger partial charge in [-0.3, -0.25) is 0 Å². The van der Waals surface area contributed by atoms with Gasteiger partial charge in [0.15, 0.2) is 0 Å². The molecule has 0 saturated carbocycles. The zero-order valence-corrected chi connectivity index (χ0v) is 12.7. The monoisotopic (exact) mass is 274 g/mol. The molecule has 1 aliphatic rings. The molecule has 1 aromatic heterocycles. The summed E-state index contributed by atoms with van der Waals surface area (Å²) < 4.78 is 1.38. The molecule has 0 spiro atoms. The summed E-state index contributed by atoms with van der Waals surface area (Å²) in [5, 5.41) is 7.00. The lowest BCUT2D eigenvalue weighted by molar-refractivity contribution is 0.283. The Morgan fingerprint density at radius 2 is 2.11 bits per heavy atom. The molecule has 3 atom stereocenters. The quantitative estimate of drug-likeness (QED) is 0.898. The van der Waals surface area contributed by atoms with Crippen LogP contribution in [0.2, 0.25) is 0 Å². The van der Waals surface area contributed by atoms with Crippen molar-refractivity contribution in [2.45, 2.75) is 32.4 Å². The van der Waals surface area contributed by atoms with Gasteiger partial charge in [-0.2, -0.15) is 0 Å². The van der Waals surface area contributed by atoms with Crippen molar-refractivity contribution in [2.24, 2.45) is 5.92 Å². The molecule has 2 aromatic rings. The van der Waals surface area contributed by atoms with Crippen molar-refractivity contribution in [3.63, 3.8) is 0 Å². The fraction of sp³-hybridized carbons (Fsp3) is 0.500. The Kier molecular flexibility index (Phi) is 3.50. The average Bonchev–Trinajstić information content (AvgIpc) is 2.89. The van der Waals surface area contributed by atoms with Gasteiger partial charge < -0.3 is 10.2 Å². The van der Waals surface area contributed by atoms with E-state index in [1.165, 1.54) is 22.2 Å². The lowest BCUT2D eigenvalue weighted by atomic mass is 9.86. The minimum absolute atomic E-state index is 0.585. The average molecular weight is 274 g/mol. The van der Waals surface area contributed by atoms with Gasteiger partial charge in [-0.1, -0.05) is 6.92 Å². The van der Waals surface area contributed by atoms with Gasteiger partial charge >= 0.3 is 0 Å². The van der Waals surface area contributed by atoms with Crippen LogP contribution in [0.4, 0.5) is 5.69 Å². The van der Waals surface area contributed by atoms with Crippen molar-refractivity contribution < 1.29 is 0 Å². The highest BCUT2D eigenvalue weighted by molar-refractivity contribution is 7.17. The number of nitrogens with zero attached hydrogens (tertiary/aromatic N) is 1. The molecule has 0 aliphatic carbocycles. The van der Waals surface area contributed by atoms with Gasteiger partial charge in [0, 0.05) is 29.0 Å². The lowest BCUT2D eigenvalue weighted by Gasteiger charge is -2.44. The van der Waals surface area contributed by atoms with Crippen LogP contribution < -0.4 is 10.2 Å². The molecule has 2 nitrogen and oxygen atoms in total. The van der Waals surface area contributed by atoms with Crippen molar-refractivity contribution in [1.29, 1.82) is 0 Å². The number of anilines is 1. The highest BCUT2D eigenvalue weighted by Crippen LogP contribution is 2.32. The van der Waals surface area contributed by atoms with E-state index in [2.05, 4.69) is 60.8 Å². The third-order valence-corrected chi connectivity index (χ3v) is 5.60. The van der Waals surface area contributed by atoms with Crippen molar-refractivity contribution >= 4 is 27.1 Å². The molecule has 1 fully saturated rings. The Morgan fingerprint density at radius 3 is 2.89 bits per heavy atom. The van der Waals surface area contributed by atoms with E-state index in [4.69, 9.17) is 0 Å². The molecule has 0 bridgehead atoms. The molecule has 3 rings (SSSR count). The first kappa shape index (κ1) is 12.9. The molecule has 2 heterocycles. The Balaban J connectivity index is 1.89. The summed E-state index contributed by atoms with van der Waals surface area (Å²) in [4.78, 5) is 2.57. The topological polar surface area (TPSA) is 15.3 Å². The second-order valence-electron chi connectivity index (χ2n) is 5.62. The van der Waals surface area contributed by atoms with Crippen molar-refractivity contribution in [3.8, 4) is 0 Å². The number of piperidine rings is 1. The second kappa shape index (κ2) is 5.14. The van der Waals surface area contributed by atoms with Gasteiger partial charge in [-0.05, 0) is 61.3 Å². The first-order valence-corrected chi connectivity index (χ1v) is 8.00. The predicted molar refractivity (Wildman–Crippen MR) is 85.3 cm³/mol. The minimum Gasteiger partial charge on any atom is -0.368 e. The summed E-state index contributed by atoms with van der Waals surface area (Å²) >= 11 is 1.82. The van der Waals surface area contributed by atoms with Gasteiger partial charge in [0.1, 0.15) is 0 Å². The highest BCUT2D eigenvalue weighted by atomic mass is 32.1. The first-order valence-electron chi connectivity index (χ1n) is 7.12. The minimum atomic E-state index is 0.585. The number of hydrogen-bond acceptors (Lipinski definition) is 3. The highest BCUT2D eigenvalue weighted by Gasteiger charge is 2.31. The van der Waals surface area contributed by atoms with Crippen LogP contribution in [0, 0.1) is 5.92 Å². The van der Waals surface area contributed by atoms with Crippen molar-refractivity contribution in [1.82, 2.24) is 5.32 Å². The molecule has 1 saturated heterocycles. The SMILES string of the molecule is CNC1CCN(c2ccc3sccc3c2)C(C)C1C. The summed E-state index contributed by atoms with van der Waals surface area (Å²) in [5.74, 6) is 0.678. The standard InChI is InChI=1S/C16H22N2S/c1-11-12(2)18(8-6-15(11)17-3)14-4-5-16-13(10-14)7-9-19-16/h4-5,7,9-12,15,17H,6,8H2,1-3H3. The number of nitrogens with one attached hydrogen (secondary N) is 1. The number of rotatable bonds is 2. The van der Waals surface area contributed by atoms with E-state index in [-0.39, 0.29) is 0 Å². The van der Waals surface area contributed by atoms with E-state index in [9.17, 15) is 0 Å². The van der Waals surface area contributed by atoms with E-state index < -0.39 is 0 Å². The molecule has 1 N–H and O–H groups in total. The molecule has 3 heteroatoms. The van der Waals surface area contributed by atoms with Gasteiger partial charge in [0.25, 0.3) is 0 Å². The zero-order chi connectivity index (χ0) is 13.4. The molecular formula is C16H22N2S. The predicted octanol–water partition coefficient (Wildman–Crippen LogP) is 3.72. The summed E-state index contributed by atoms with van der Waals surface area (Å²) in [6.45, 7) is 5.86. The first-order chi connectivity index (χ1) is 9.20. The summed E-state index contributed by atoms with van der Waals surface area (Å²) in [5.41, 5.74) is 1.37. The third-order valence-electron chi connectivity index (χ3n) is 4.71. The maximum absolute atomic E-state index is 3.46. The molecule has 0 radical (unpaired) electrons. The Labute approximate surface area is 119 Å². The maximum Gasteiger partial charge on any atom is 0.0375 e. The second-order valence-corrected chi connectivity index (χ2v) is 6.57. The van der Waals surface area contributed by atoms with Crippen LogP contribution in [0.5, 0.6) is 0 Å². The molecule has 1 aromatic carbocycles. The maximum atomic E-state index is 3.46. The number of benzene rings is 1. The van der Waals surface area contributed by atoms with Crippen LogP contribution in [0.25, 0.3) is 10.1 Å². The summed E-state index contributed by atoms with van der Waals surface area (Å²) in [6.07, 6.45) is 1.23. The Morgan fingerprint density at radius 1 is 1.26 bits per heavy atom. The largest absolute Gasteiger partial charge is 0.368 e. The van der Waals surface area contributed by atoms with Gasteiger partial charge in [-0.15, -0.1) is 11.3 Å². The number of hydrogen-bond donors (Lipinski definition) is 1. The van der Waals surface area contributed by atoms with Crippen molar-refractivity contribution in [3.05, 3.63) is 29.6 Å². The zero-order valence-electron chi connectivity index (χ0n) is 11.9.